The molecule has 0 radical (unpaired) electrons. The molecule has 3 unspecified atom stereocenters. The van der Waals surface area contributed by atoms with Crippen LogP contribution in [0.3, 0.4) is 0 Å². The van der Waals surface area contributed by atoms with E-state index < -0.39 is 6.10 Å². The van der Waals surface area contributed by atoms with Crippen LogP contribution in [0.1, 0.15) is 55.4 Å². The van der Waals surface area contributed by atoms with Crippen molar-refractivity contribution in [2.75, 3.05) is 11.9 Å². The van der Waals surface area contributed by atoms with Crippen molar-refractivity contribution in [2.24, 2.45) is 0 Å². The van der Waals surface area contributed by atoms with Gasteiger partial charge < -0.3 is 15.2 Å². The minimum absolute atomic E-state index is 0.0402. The molecule has 0 aromatic heterocycles. The van der Waals surface area contributed by atoms with Crippen LogP contribution >= 0.6 is 0 Å². The molecule has 4 nitrogen and oxygen atoms in total. The van der Waals surface area contributed by atoms with Crippen LogP contribution in [-0.2, 0) is 16.0 Å². The molecule has 1 fully saturated rings. The monoisotopic (exact) mass is 275 g/mol. The zero-order valence-electron chi connectivity index (χ0n) is 12.0. The van der Waals surface area contributed by atoms with Crippen molar-refractivity contribution in [3.05, 3.63) is 28.8 Å². The van der Waals surface area contributed by atoms with Crippen molar-refractivity contribution in [1.29, 1.82) is 0 Å². The largest absolute Gasteiger partial charge is 0.386 e. The van der Waals surface area contributed by atoms with Gasteiger partial charge in [-0.25, -0.2) is 0 Å². The van der Waals surface area contributed by atoms with Gasteiger partial charge in [0.15, 0.2) is 0 Å². The fourth-order valence-electron chi connectivity index (χ4n) is 3.13. The number of hydrogen-bond donors (Lipinski definition) is 2. The van der Waals surface area contributed by atoms with Gasteiger partial charge in [-0.1, -0.05) is 19.1 Å². The summed E-state index contributed by atoms with van der Waals surface area (Å²) in [4.78, 5) is 11.8. The Hall–Kier alpha value is -1.39. The Balaban J connectivity index is 1.99. The van der Waals surface area contributed by atoms with Crippen LogP contribution in [0, 0.1) is 0 Å². The molecule has 20 heavy (non-hydrogen) atoms. The number of fused-ring (bicyclic) bond motifs is 1. The molecule has 108 valence electrons. The first-order valence-corrected chi connectivity index (χ1v) is 7.39. The van der Waals surface area contributed by atoms with Gasteiger partial charge in [0.1, 0.15) is 6.10 Å². The van der Waals surface area contributed by atoms with E-state index in [-0.39, 0.29) is 17.9 Å². The maximum atomic E-state index is 11.8. The normalized spacial score (nSPS) is 26.4. The smallest absolute Gasteiger partial charge is 0.231 e. The van der Waals surface area contributed by atoms with E-state index in [4.69, 9.17) is 4.74 Å². The second kappa shape index (κ2) is 5.19. The maximum Gasteiger partial charge on any atom is 0.231 e. The van der Waals surface area contributed by atoms with Crippen molar-refractivity contribution in [2.45, 2.75) is 51.2 Å². The highest BCUT2D eigenvalue weighted by Crippen LogP contribution is 2.39. The van der Waals surface area contributed by atoms with Gasteiger partial charge in [0.2, 0.25) is 5.91 Å². The first kappa shape index (κ1) is 13.6. The fraction of sp³-hybridized carbons (Fsp3) is 0.562. The average molecular weight is 275 g/mol. The fourth-order valence-corrected chi connectivity index (χ4v) is 3.13. The van der Waals surface area contributed by atoms with E-state index in [9.17, 15) is 9.90 Å². The molecule has 1 saturated heterocycles. The van der Waals surface area contributed by atoms with E-state index in [1.54, 1.807) is 0 Å². The summed E-state index contributed by atoms with van der Waals surface area (Å²) < 4.78 is 5.58. The third-order valence-electron chi connectivity index (χ3n) is 4.42. The van der Waals surface area contributed by atoms with Crippen molar-refractivity contribution in [3.8, 4) is 0 Å². The second-order valence-electron chi connectivity index (χ2n) is 5.71. The number of hydrogen-bond acceptors (Lipinski definition) is 3. The molecule has 2 N–H and O–H groups in total. The van der Waals surface area contributed by atoms with Crippen LogP contribution in [0.25, 0.3) is 0 Å². The molecule has 1 aromatic rings. The molecule has 2 aliphatic rings. The van der Waals surface area contributed by atoms with Gasteiger partial charge in [0.05, 0.1) is 12.0 Å². The van der Waals surface area contributed by atoms with Crippen LogP contribution in [0.5, 0.6) is 0 Å². The van der Waals surface area contributed by atoms with Crippen LogP contribution in [0.2, 0.25) is 0 Å². The summed E-state index contributed by atoms with van der Waals surface area (Å²) in [5, 5.41) is 13.4. The number of rotatable bonds is 3. The summed E-state index contributed by atoms with van der Waals surface area (Å²) in [5.74, 6) is -0.106. The highest BCUT2D eigenvalue weighted by Gasteiger charge is 2.32. The number of amides is 1. The molecule has 1 amide bonds. The zero-order chi connectivity index (χ0) is 14.3. The topological polar surface area (TPSA) is 58.6 Å². The first-order valence-electron chi connectivity index (χ1n) is 7.39. The molecule has 0 spiro atoms. The Labute approximate surface area is 119 Å². The number of ether oxygens (including phenoxy) is 1. The number of anilines is 1. The number of carbonyl (C=O) groups excluding carboxylic acids is 1. The Morgan fingerprint density at radius 1 is 1.50 bits per heavy atom. The summed E-state index contributed by atoms with van der Waals surface area (Å²) in [6.45, 7) is 4.69. The van der Waals surface area contributed by atoms with Gasteiger partial charge in [0.25, 0.3) is 0 Å². The highest BCUT2D eigenvalue weighted by atomic mass is 16.5. The molecule has 4 heteroatoms. The van der Waals surface area contributed by atoms with E-state index in [0.717, 1.165) is 48.2 Å². The lowest BCUT2D eigenvalue weighted by Crippen LogP contribution is -2.17. The van der Waals surface area contributed by atoms with E-state index in [1.807, 2.05) is 19.1 Å². The standard InChI is InChI=1S/C16H21NO3/c1-3-10-7-11(15(18)13-5-4-6-20-13)8-12-9(2)16(19)17-14(10)12/h7-9,13,15,18H,3-6H2,1-2H3,(H,17,19). The summed E-state index contributed by atoms with van der Waals surface area (Å²) in [6, 6.07) is 3.97. The first-order chi connectivity index (χ1) is 9.61. The van der Waals surface area contributed by atoms with Crippen molar-refractivity contribution < 1.29 is 14.6 Å². The van der Waals surface area contributed by atoms with Crippen molar-refractivity contribution >= 4 is 11.6 Å². The lowest BCUT2D eigenvalue weighted by atomic mass is 9.92. The number of aryl methyl sites for hydroxylation is 1. The predicted molar refractivity (Wildman–Crippen MR) is 76.8 cm³/mol. The molecule has 1 aromatic carbocycles. The van der Waals surface area contributed by atoms with Gasteiger partial charge in [-0.15, -0.1) is 0 Å². The molecule has 3 atom stereocenters. The van der Waals surface area contributed by atoms with E-state index in [1.165, 1.54) is 0 Å². The SMILES string of the molecule is CCc1cc(C(O)C2CCCO2)cc2c1NC(=O)C2C. The van der Waals surface area contributed by atoms with E-state index in [2.05, 4.69) is 12.2 Å². The second-order valence-corrected chi connectivity index (χ2v) is 5.71. The maximum absolute atomic E-state index is 11.8. The van der Waals surface area contributed by atoms with Crippen LogP contribution in [0.4, 0.5) is 5.69 Å². The van der Waals surface area contributed by atoms with Crippen LogP contribution < -0.4 is 5.32 Å². The molecule has 3 rings (SSSR count). The Morgan fingerprint density at radius 3 is 2.95 bits per heavy atom. The summed E-state index contributed by atoms with van der Waals surface area (Å²) in [7, 11) is 0. The van der Waals surface area contributed by atoms with E-state index in [0.29, 0.717) is 0 Å². The highest BCUT2D eigenvalue weighted by molar-refractivity contribution is 6.03. The van der Waals surface area contributed by atoms with Gasteiger partial charge in [-0.3, -0.25) is 4.79 Å². The number of nitrogens with one attached hydrogen (secondary N) is 1. The van der Waals surface area contributed by atoms with E-state index >= 15 is 0 Å². The summed E-state index contributed by atoms with van der Waals surface area (Å²) in [5.41, 5.74) is 3.90. The number of aliphatic hydroxyl groups is 1. The minimum atomic E-state index is -0.601. The van der Waals surface area contributed by atoms with Crippen LogP contribution in [0.15, 0.2) is 12.1 Å². The number of aliphatic hydroxyl groups excluding tert-OH is 1. The summed E-state index contributed by atoms with van der Waals surface area (Å²) in [6.07, 6.45) is 2.02. The third-order valence-corrected chi connectivity index (χ3v) is 4.42. The zero-order valence-corrected chi connectivity index (χ0v) is 12.0. The molecule has 0 aliphatic carbocycles. The van der Waals surface area contributed by atoms with Crippen LogP contribution in [-0.4, -0.2) is 23.7 Å². The van der Waals surface area contributed by atoms with Gasteiger partial charge >= 0.3 is 0 Å². The Bertz CT molecular complexity index is 535. The molecule has 0 saturated carbocycles. The molecule has 0 bridgehead atoms. The lowest BCUT2D eigenvalue weighted by molar-refractivity contribution is -0.116. The lowest BCUT2D eigenvalue weighted by Gasteiger charge is -2.20. The number of carbonyl (C=O) groups is 1. The molecule has 2 aliphatic heterocycles. The minimum Gasteiger partial charge on any atom is -0.386 e. The van der Waals surface area contributed by atoms with Gasteiger partial charge in [0, 0.05) is 12.3 Å². The summed E-state index contributed by atoms with van der Waals surface area (Å²) >= 11 is 0. The molecular weight excluding hydrogens is 254 g/mol. The third kappa shape index (κ3) is 2.13. The quantitative estimate of drug-likeness (QED) is 0.891. The van der Waals surface area contributed by atoms with Gasteiger partial charge in [-0.2, -0.15) is 0 Å². The molecule has 2 heterocycles. The molecular formula is C16H21NO3. The predicted octanol–water partition coefficient (Wildman–Crippen LogP) is 2.52. The van der Waals surface area contributed by atoms with Crippen molar-refractivity contribution in [1.82, 2.24) is 0 Å². The number of benzene rings is 1. The Kier molecular flexibility index (Phi) is 3.52. The average Bonchev–Trinajstić information content (AvgIpc) is 3.07. The van der Waals surface area contributed by atoms with Crippen molar-refractivity contribution in [3.63, 3.8) is 0 Å². The Morgan fingerprint density at radius 2 is 2.30 bits per heavy atom. The van der Waals surface area contributed by atoms with Gasteiger partial charge in [-0.05, 0) is 42.9 Å².